The van der Waals surface area contributed by atoms with Gasteiger partial charge in [0.2, 0.25) is 0 Å². The molecular formula is C14H19N3O3. The third-order valence-electron chi connectivity index (χ3n) is 3.18. The molecule has 0 spiro atoms. The van der Waals surface area contributed by atoms with E-state index in [9.17, 15) is 0 Å². The number of hydrogen-bond donors (Lipinski definition) is 1. The Morgan fingerprint density at radius 1 is 1.05 bits per heavy atom. The fourth-order valence-electron chi connectivity index (χ4n) is 2.07. The van der Waals surface area contributed by atoms with E-state index in [0.717, 1.165) is 12.1 Å². The van der Waals surface area contributed by atoms with Gasteiger partial charge in [0.1, 0.15) is 17.3 Å². The van der Waals surface area contributed by atoms with Crippen molar-refractivity contribution in [1.82, 2.24) is 9.55 Å². The number of nitrogens with zero attached hydrogens (tertiary/aromatic N) is 2. The van der Waals surface area contributed by atoms with E-state index >= 15 is 0 Å². The minimum Gasteiger partial charge on any atom is -0.496 e. The lowest BCUT2D eigenvalue weighted by Crippen LogP contribution is -2.00. The summed E-state index contributed by atoms with van der Waals surface area (Å²) < 4.78 is 17.8. The quantitative estimate of drug-likeness (QED) is 0.907. The van der Waals surface area contributed by atoms with Crippen LogP contribution >= 0.6 is 0 Å². The Bertz CT molecular complexity index is 608. The summed E-state index contributed by atoms with van der Waals surface area (Å²) in [7, 11) is 4.76. The molecule has 0 saturated heterocycles. The first-order valence-corrected chi connectivity index (χ1v) is 6.27. The number of methoxy groups -OCH3 is 3. The van der Waals surface area contributed by atoms with Gasteiger partial charge in [-0.15, -0.1) is 0 Å². The highest BCUT2D eigenvalue weighted by atomic mass is 16.5. The summed E-state index contributed by atoms with van der Waals surface area (Å²) in [5.74, 6) is 2.43. The van der Waals surface area contributed by atoms with Crippen LogP contribution in [0.2, 0.25) is 0 Å². The predicted molar refractivity (Wildman–Crippen MR) is 77.4 cm³/mol. The smallest absolute Gasteiger partial charge is 0.164 e. The van der Waals surface area contributed by atoms with Crippen LogP contribution in [0, 0.1) is 0 Å². The molecule has 0 atom stereocenters. The van der Waals surface area contributed by atoms with Crippen LogP contribution in [0.15, 0.2) is 18.5 Å². The third kappa shape index (κ3) is 2.24. The molecule has 0 unspecified atom stereocenters. The van der Waals surface area contributed by atoms with Gasteiger partial charge in [-0.25, -0.2) is 4.98 Å². The molecule has 0 aliphatic carbocycles. The maximum atomic E-state index is 6.10. The lowest BCUT2D eigenvalue weighted by Gasteiger charge is -2.13. The zero-order chi connectivity index (χ0) is 14.7. The highest BCUT2D eigenvalue weighted by Crippen LogP contribution is 2.41. The number of anilines is 1. The number of aromatic nitrogens is 2. The normalized spacial score (nSPS) is 10.4. The van der Waals surface area contributed by atoms with E-state index in [-0.39, 0.29) is 0 Å². The lowest BCUT2D eigenvalue weighted by molar-refractivity contribution is 0.349. The standard InChI is InChI=1S/C14H19N3O3/c1-5-17-8-16-13(14(17)15)9-6-11(19-3)12(20-4)7-10(9)18-2/h6-8H,5,15H2,1-4H3. The van der Waals surface area contributed by atoms with Gasteiger partial charge in [-0.05, 0) is 13.0 Å². The molecular weight excluding hydrogens is 258 g/mol. The highest BCUT2D eigenvalue weighted by Gasteiger charge is 2.18. The topological polar surface area (TPSA) is 71.5 Å². The average Bonchev–Trinajstić information content (AvgIpc) is 2.86. The van der Waals surface area contributed by atoms with Crippen molar-refractivity contribution < 1.29 is 14.2 Å². The van der Waals surface area contributed by atoms with Crippen molar-refractivity contribution in [3.63, 3.8) is 0 Å². The molecule has 108 valence electrons. The molecule has 0 aliphatic heterocycles. The molecule has 6 heteroatoms. The largest absolute Gasteiger partial charge is 0.496 e. The van der Waals surface area contributed by atoms with Crippen molar-refractivity contribution in [3.8, 4) is 28.5 Å². The van der Waals surface area contributed by atoms with Gasteiger partial charge in [0.15, 0.2) is 11.5 Å². The van der Waals surface area contributed by atoms with Gasteiger partial charge in [-0.1, -0.05) is 0 Å². The summed E-state index contributed by atoms with van der Waals surface area (Å²) in [5, 5.41) is 0. The maximum Gasteiger partial charge on any atom is 0.164 e. The summed E-state index contributed by atoms with van der Waals surface area (Å²) in [6, 6.07) is 3.58. The summed E-state index contributed by atoms with van der Waals surface area (Å²) >= 11 is 0. The summed E-state index contributed by atoms with van der Waals surface area (Å²) in [4.78, 5) is 4.36. The van der Waals surface area contributed by atoms with Crippen molar-refractivity contribution in [1.29, 1.82) is 0 Å². The minimum absolute atomic E-state index is 0.595. The van der Waals surface area contributed by atoms with Crippen LogP contribution in [0.4, 0.5) is 5.82 Å². The first kappa shape index (κ1) is 14.0. The van der Waals surface area contributed by atoms with Crippen LogP contribution in [0.25, 0.3) is 11.3 Å². The van der Waals surface area contributed by atoms with E-state index in [4.69, 9.17) is 19.9 Å². The number of ether oxygens (including phenoxy) is 3. The van der Waals surface area contributed by atoms with Crippen molar-refractivity contribution in [2.75, 3.05) is 27.1 Å². The van der Waals surface area contributed by atoms with Crippen molar-refractivity contribution >= 4 is 5.82 Å². The molecule has 6 nitrogen and oxygen atoms in total. The molecule has 0 fully saturated rings. The van der Waals surface area contributed by atoms with Crippen molar-refractivity contribution in [3.05, 3.63) is 18.5 Å². The fourth-order valence-corrected chi connectivity index (χ4v) is 2.07. The number of hydrogen-bond acceptors (Lipinski definition) is 5. The molecule has 0 bridgehead atoms. The molecule has 0 aliphatic rings. The molecule has 20 heavy (non-hydrogen) atoms. The Balaban J connectivity index is 2.62. The van der Waals surface area contributed by atoms with Crippen LogP contribution < -0.4 is 19.9 Å². The molecule has 1 aromatic carbocycles. The van der Waals surface area contributed by atoms with Crippen LogP contribution in [0.5, 0.6) is 17.2 Å². The lowest BCUT2D eigenvalue weighted by atomic mass is 10.1. The van der Waals surface area contributed by atoms with E-state index in [2.05, 4.69) is 4.98 Å². The Hall–Kier alpha value is -2.37. The molecule has 0 saturated carbocycles. The zero-order valence-corrected chi connectivity index (χ0v) is 12.1. The molecule has 0 amide bonds. The Morgan fingerprint density at radius 3 is 2.15 bits per heavy atom. The summed E-state index contributed by atoms with van der Waals surface area (Å²) in [5.41, 5.74) is 7.55. The van der Waals surface area contributed by atoms with E-state index < -0.39 is 0 Å². The van der Waals surface area contributed by atoms with Crippen LogP contribution in [0.1, 0.15) is 6.92 Å². The van der Waals surface area contributed by atoms with Crippen molar-refractivity contribution in [2.24, 2.45) is 0 Å². The van der Waals surface area contributed by atoms with E-state index in [1.807, 2.05) is 17.6 Å². The number of imidazole rings is 1. The second-order valence-electron chi connectivity index (χ2n) is 4.17. The van der Waals surface area contributed by atoms with Gasteiger partial charge < -0.3 is 24.5 Å². The second-order valence-corrected chi connectivity index (χ2v) is 4.17. The van der Waals surface area contributed by atoms with Gasteiger partial charge in [0.05, 0.1) is 27.7 Å². The molecule has 2 rings (SSSR count). The maximum absolute atomic E-state index is 6.10. The van der Waals surface area contributed by atoms with Gasteiger partial charge in [0.25, 0.3) is 0 Å². The van der Waals surface area contributed by atoms with Gasteiger partial charge in [0, 0.05) is 18.2 Å². The van der Waals surface area contributed by atoms with E-state index in [1.54, 1.807) is 33.7 Å². The third-order valence-corrected chi connectivity index (χ3v) is 3.18. The van der Waals surface area contributed by atoms with Crippen LogP contribution in [0.3, 0.4) is 0 Å². The monoisotopic (exact) mass is 277 g/mol. The molecule has 2 N–H and O–H groups in total. The molecule has 2 aromatic rings. The van der Waals surface area contributed by atoms with Gasteiger partial charge >= 0.3 is 0 Å². The summed E-state index contributed by atoms with van der Waals surface area (Å²) in [6.07, 6.45) is 1.71. The minimum atomic E-state index is 0.595. The number of rotatable bonds is 5. The molecule has 1 aromatic heterocycles. The highest BCUT2D eigenvalue weighted by molar-refractivity contribution is 5.78. The number of aryl methyl sites for hydroxylation is 1. The van der Waals surface area contributed by atoms with Gasteiger partial charge in [-0.2, -0.15) is 0 Å². The number of benzene rings is 1. The Morgan fingerprint density at radius 2 is 1.65 bits per heavy atom. The first-order valence-electron chi connectivity index (χ1n) is 6.27. The van der Waals surface area contributed by atoms with Crippen LogP contribution in [-0.4, -0.2) is 30.9 Å². The second kappa shape index (κ2) is 5.73. The van der Waals surface area contributed by atoms with E-state index in [1.165, 1.54) is 0 Å². The number of nitrogens with two attached hydrogens (primary N) is 1. The van der Waals surface area contributed by atoms with Crippen LogP contribution in [-0.2, 0) is 6.54 Å². The molecule has 0 radical (unpaired) electrons. The fraction of sp³-hybridized carbons (Fsp3) is 0.357. The Kier molecular flexibility index (Phi) is 4.02. The SMILES string of the molecule is CCn1cnc(-c2cc(OC)c(OC)cc2OC)c1N. The predicted octanol–water partition coefficient (Wildman–Crippen LogP) is 2.18. The first-order chi connectivity index (χ1) is 9.65. The number of nitrogen functional groups attached to an aromatic ring is 1. The Labute approximate surface area is 118 Å². The summed E-state index contributed by atoms with van der Waals surface area (Å²) in [6.45, 7) is 2.77. The molecule has 1 heterocycles. The zero-order valence-electron chi connectivity index (χ0n) is 12.1. The van der Waals surface area contributed by atoms with E-state index in [0.29, 0.717) is 28.8 Å². The van der Waals surface area contributed by atoms with Crippen molar-refractivity contribution in [2.45, 2.75) is 13.5 Å². The average molecular weight is 277 g/mol. The van der Waals surface area contributed by atoms with Gasteiger partial charge in [-0.3, -0.25) is 0 Å².